The number of nitrogens with zero attached hydrogens (tertiary/aromatic N) is 6. The number of benzene rings is 1. The fourth-order valence-corrected chi connectivity index (χ4v) is 4.52. The summed E-state index contributed by atoms with van der Waals surface area (Å²) in [4.78, 5) is 14.0. The monoisotopic (exact) mass is 438 g/mol. The third kappa shape index (κ3) is 3.09. The summed E-state index contributed by atoms with van der Waals surface area (Å²) in [6.45, 7) is 0. The van der Waals surface area contributed by atoms with Crippen LogP contribution in [0.1, 0.15) is 17.2 Å². The zero-order valence-electron chi connectivity index (χ0n) is 18.0. The molecule has 1 aliphatic carbocycles. The van der Waals surface area contributed by atoms with Crippen LogP contribution in [0.4, 0.5) is 5.82 Å². The lowest BCUT2D eigenvalue weighted by Gasteiger charge is -2.14. The number of hydrogen-bond donors (Lipinski definition) is 2. The molecule has 2 atom stereocenters. The molecule has 9 heteroatoms. The van der Waals surface area contributed by atoms with Crippen LogP contribution in [0.25, 0.3) is 34.1 Å². The topological polar surface area (TPSA) is 123 Å². The van der Waals surface area contributed by atoms with Gasteiger partial charge in [-0.3, -0.25) is 4.57 Å². The molecule has 33 heavy (non-hydrogen) atoms. The van der Waals surface area contributed by atoms with Crippen LogP contribution in [0, 0.1) is 0 Å². The normalized spacial score (nSPS) is 17.5. The fraction of sp³-hybridized carbons (Fsp3) is 0.167. The van der Waals surface area contributed by atoms with Crippen LogP contribution >= 0.6 is 0 Å². The molecule has 0 spiro atoms. The predicted octanol–water partition coefficient (Wildman–Crippen LogP) is 2.82. The van der Waals surface area contributed by atoms with E-state index in [0.29, 0.717) is 23.1 Å². The Kier molecular flexibility index (Phi) is 4.46. The maximum Gasteiger partial charge on any atom is 0.167 e. The first-order valence-electron chi connectivity index (χ1n) is 10.7. The molecule has 9 nitrogen and oxygen atoms in total. The minimum Gasteiger partial charge on any atom is -0.383 e. The number of rotatable bonds is 4. The molecule has 0 aliphatic heterocycles. The largest absolute Gasteiger partial charge is 0.383 e. The van der Waals surface area contributed by atoms with Crippen molar-refractivity contribution < 1.29 is 4.74 Å². The van der Waals surface area contributed by atoms with E-state index in [-0.39, 0.29) is 12.1 Å². The number of methoxy groups -OCH3 is 1. The molecule has 1 aliphatic rings. The van der Waals surface area contributed by atoms with Gasteiger partial charge < -0.3 is 16.2 Å². The maximum atomic E-state index is 6.38. The number of nitrogen functional groups attached to an aromatic ring is 1. The maximum absolute atomic E-state index is 6.38. The van der Waals surface area contributed by atoms with Crippen molar-refractivity contribution in [2.45, 2.75) is 18.6 Å². The number of pyridine rings is 2. The highest BCUT2D eigenvalue weighted by Crippen LogP contribution is 2.35. The van der Waals surface area contributed by atoms with Gasteiger partial charge in [0, 0.05) is 37.8 Å². The Labute approximate surface area is 189 Å². The Morgan fingerprint density at radius 2 is 1.97 bits per heavy atom. The molecule has 0 fully saturated rings. The molecule has 1 aromatic carbocycles. The quantitative estimate of drug-likeness (QED) is 0.442. The SMILES string of the molecule is COC1Cc2cc(-n3c(-c4cccnc4N)nc4ccc(-n5cccn5)nc43)ccc2[C@H]1N. The van der Waals surface area contributed by atoms with Crippen LogP contribution in [-0.2, 0) is 11.2 Å². The standard InChI is InChI=1S/C24H22N8O/c1-33-19-13-14-12-15(5-6-16(14)21(19)25)32-23(17-4-2-9-27-22(17)26)29-18-7-8-20(30-24(18)32)31-11-3-10-28-31/h2-12,19,21H,13,25H2,1H3,(H2,26,27)/t19?,21-/m1/s1. The van der Waals surface area contributed by atoms with Gasteiger partial charge in [-0.25, -0.2) is 19.6 Å². The van der Waals surface area contributed by atoms with Crippen LogP contribution in [-0.4, -0.2) is 42.5 Å². The summed E-state index contributed by atoms with van der Waals surface area (Å²) in [6.07, 6.45) is 5.97. The van der Waals surface area contributed by atoms with Gasteiger partial charge in [-0.2, -0.15) is 5.10 Å². The number of nitrogens with two attached hydrogens (primary N) is 2. The molecular weight excluding hydrogens is 416 g/mol. The third-order valence-electron chi connectivity index (χ3n) is 6.18. The van der Waals surface area contributed by atoms with Crippen LogP contribution in [0.3, 0.4) is 0 Å². The van der Waals surface area contributed by atoms with E-state index in [1.54, 1.807) is 24.2 Å². The van der Waals surface area contributed by atoms with Gasteiger partial charge in [0.25, 0.3) is 0 Å². The second kappa shape index (κ2) is 7.51. The number of hydrogen-bond acceptors (Lipinski definition) is 7. The first-order valence-corrected chi connectivity index (χ1v) is 10.7. The van der Waals surface area contributed by atoms with Crippen molar-refractivity contribution in [1.29, 1.82) is 0 Å². The van der Waals surface area contributed by atoms with E-state index in [4.69, 9.17) is 26.2 Å². The van der Waals surface area contributed by atoms with E-state index in [9.17, 15) is 0 Å². The molecule has 164 valence electrons. The van der Waals surface area contributed by atoms with E-state index >= 15 is 0 Å². The van der Waals surface area contributed by atoms with Crippen LogP contribution in [0.5, 0.6) is 0 Å². The Balaban J connectivity index is 1.60. The van der Waals surface area contributed by atoms with Crippen LogP contribution in [0.2, 0.25) is 0 Å². The molecule has 0 saturated heterocycles. The third-order valence-corrected chi connectivity index (χ3v) is 6.18. The summed E-state index contributed by atoms with van der Waals surface area (Å²) in [5.74, 6) is 1.78. The van der Waals surface area contributed by atoms with Crippen LogP contribution < -0.4 is 11.5 Å². The second-order valence-corrected chi connectivity index (χ2v) is 8.06. The number of fused-ring (bicyclic) bond motifs is 2. The Morgan fingerprint density at radius 3 is 2.76 bits per heavy atom. The smallest absolute Gasteiger partial charge is 0.167 e. The molecule has 1 unspecified atom stereocenters. The number of aromatic nitrogens is 6. The van der Waals surface area contributed by atoms with Gasteiger partial charge in [-0.1, -0.05) is 6.07 Å². The van der Waals surface area contributed by atoms with Crippen molar-refractivity contribution >= 4 is 17.0 Å². The first-order chi connectivity index (χ1) is 16.1. The molecule has 4 N–H and O–H groups in total. The Morgan fingerprint density at radius 1 is 1.06 bits per heavy atom. The molecule has 0 saturated carbocycles. The molecule has 4 heterocycles. The Bertz CT molecular complexity index is 1470. The molecule has 6 rings (SSSR count). The fourth-order valence-electron chi connectivity index (χ4n) is 4.52. The molecule has 0 bridgehead atoms. The summed E-state index contributed by atoms with van der Waals surface area (Å²) in [5.41, 5.74) is 18.0. The van der Waals surface area contributed by atoms with Gasteiger partial charge in [0.2, 0.25) is 0 Å². The van der Waals surface area contributed by atoms with Crippen molar-refractivity contribution in [3.05, 3.63) is 78.2 Å². The lowest BCUT2D eigenvalue weighted by molar-refractivity contribution is 0.0907. The van der Waals surface area contributed by atoms with Crippen LogP contribution in [0.15, 0.2) is 67.1 Å². The summed E-state index contributed by atoms with van der Waals surface area (Å²) in [5, 5.41) is 4.31. The molecule has 0 radical (unpaired) electrons. The molecule has 5 aromatic rings. The highest BCUT2D eigenvalue weighted by molar-refractivity contribution is 5.83. The van der Waals surface area contributed by atoms with Crippen molar-refractivity contribution in [3.63, 3.8) is 0 Å². The van der Waals surface area contributed by atoms with Crippen molar-refractivity contribution in [2.75, 3.05) is 12.8 Å². The lowest BCUT2D eigenvalue weighted by atomic mass is 10.1. The van der Waals surface area contributed by atoms with Crippen molar-refractivity contribution in [2.24, 2.45) is 5.73 Å². The highest BCUT2D eigenvalue weighted by atomic mass is 16.5. The van der Waals surface area contributed by atoms with Crippen molar-refractivity contribution in [3.8, 4) is 22.9 Å². The van der Waals surface area contributed by atoms with Gasteiger partial charge in [-0.05, 0) is 53.6 Å². The Hall–Kier alpha value is -4.08. The van der Waals surface area contributed by atoms with Gasteiger partial charge >= 0.3 is 0 Å². The number of ether oxygens (including phenoxy) is 1. The number of imidazole rings is 1. The van der Waals surface area contributed by atoms with Crippen molar-refractivity contribution in [1.82, 2.24) is 29.3 Å². The molecule has 0 amide bonds. The first kappa shape index (κ1) is 19.6. The van der Waals surface area contributed by atoms with Gasteiger partial charge in [0.05, 0.1) is 17.7 Å². The van der Waals surface area contributed by atoms with Gasteiger partial charge in [0.15, 0.2) is 17.3 Å². The molecule has 4 aromatic heterocycles. The second-order valence-electron chi connectivity index (χ2n) is 8.06. The summed E-state index contributed by atoms with van der Waals surface area (Å²) in [6, 6.07) is 15.6. The van der Waals surface area contributed by atoms with E-state index in [1.165, 1.54) is 0 Å². The summed E-state index contributed by atoms with van der Waals surface area (Å²) in [7, 11) is 1.70. The minimum absolute atomic E-state index is 0.0345. The summed E-state index contributed by atoms with van der Waals surface area (Å²) >= 11 is 0. The zero-order valence-corrected chi connectivity index (χ0v) is 18.0. The van der Waals surface area contributed by atoms with E-state index < -0.39 is 0 Å². The summed E-state index contributed by atoms with van der Waals surface area (Å²) < 4.78 is 9.32. The van der Waals surface area contributed by atoms with Gasteiger partial charge in [0.1, 0.15) is 11.3 Å². The average molecular weight is 438 g/mol. The zero-order chi connectivity index (χ0) is 22.5. The van der Waals surface area contributed by atoms with E-state index in [1.807, 2.05) is 47.2 Å². The average Bonchev–Trinajstić information content (AvgIpc) is 3.56. The highest BCUT2D eigenvalue weighted by Gasteiger charge is 2.30. The van der Waals surface area contributed by atoms with E-state index in [2.05, 4.69) is 22.2 Å². The lowest BCUT2D eigenvalue weighted by Crippen LogP contribution is -2.23. The van der Waals surface area contributed by atoms with E-state index in [0.717, 1.165) is 34.3 Å². The number of anilines is 1. The predicted molar refractivity (Wildman–Crippen MR) is 125 cm³/mol. The van der Waals surface area contributed by atoms with Gasteiger partial charge in [-0.15, -0.1) is 0 Å². The molecular formula is C24H22N8O. The minimum atomic E-state index is -0.142.